The molecule has 0 bridgehead atoms. The normalized spacial score (nSPS) is 10.7. The fourth-order valence-corrected chi connectivity index (χ4v) is 3.02. The lowest BCUT2D eigenvalue weighted by molar-refractivity contribution is 0.414. The maximum absolute atomic E-state index is 12.8. The summed E-state index contributed by atoms with van der Waals surface area (Å²) in [4.78, 5) is 12.8. The van der Waals surface area contributed by atoms with Crippen LogP contribution in [-0.2, 0) is 6.54 Å². The van der Waals surface area contributed by atoms with Gasteiger partial charge in [0.25, 0.3) is 5.56 Å². The van der Waals surface area contributed by atoms with E-state index in [-0.39, 0.29) is 5.56 Å². The van der Waals surface area contributed by atoms with Crippen LogP contribution in [-0.4, -0.2) is 18.8 Å². The fourth-order valence-electron chi connectivity index (χ4n) is 2.56. The lowest BCUT2D eigenvalue weighted by Gasteiger charge is -2.11. The van der Waals surface area contributed by atoms with Crippen LogP contribution >= 0.6 is 15.9 Å². The van der Waals surface area contributed by atoms with Crippen LogP contribution in [0.1, 0.15) is 5.56 Å². The van der Waals surface area contributed by atoms with Gasteiger partial charge in [0.05, 0.1) is 26.2 Å². The summed E-state index contributed by atoms with van der Waals surface area (Å²) < 4.78 is 13.1. The number of rotatable bonds is 4. The van der Waals surface area contributed by atoms with E-state index in [1.165, 1.54) is 0 Å². The van der Waals surface area contributed by atoms with Gasteiger partial charge in [-0.1, -0.05) is 28.1 Å². The van der Waals surface area contributed by atoms with Crippen molar-refractivity contribution >= 4 is 26.7 Å². The molecule has 0 aliphatic heterocycles. The molecule has 23 heavy (non-hydrogen) atoms. The molecule has 0 unspecified atom stereocenters. The number of nitrogens with zero attached hydrogens (tertiary/aromatic N) is 1. The molecule has 0 saturated heterocycles. The highest BCUT2D eigenvalue weighted by Crippen LogP contribution is 2.29. The Balaban J connectivity index is 2.08. The van der Waals surface area contributed by atoms with Crippen LogP contribution in [0.25, 0.3) is 10.8 Å². The molecule has 5 heteroatoms. The second-order valence-electron chi connectivity index (χ2n) is 5.14. The van der Waals surface area contributed by atoms with Crippen molar-refractivity contribution in [1.29, 1.82) is 0 Å². The maximum atomic E-state index is 12.8. The molecule has 4 nitrogen and oxygen atoms in total. The minimum Gasteiger partial charge on any atom is -0.497 e. The van der Waals surface area contributed by atoms with Gasteiger partial charge in [0.15, 0.2) is 0 Å². The first-order valence-electron chi connectivity index (χ1n) is 7.12. The van der Waals surface area contributed by atoms with E-state index in [0.717, 1.165) is 21.2 Å². The summed E-state index contributed by atoms with van der Waals surface area (Å²) in [5.41, 5.74) is 0.956. The molecule has 0 amide bonds. The van der Waals surface area contributed by atoms with Gasteiger partial charge in [-0.25, -0.2) is 0 Å². The Kier molecular flexibility index (Phi) is 4.39. The van der Waals surface area contributed by atoms with E-state index in [9.17, 15) is 4.79 Å². The Hall–Kier alpha value is -2.27. The number of ether oxygens (including phenoxy) is 2. The number of hydrogen-bond acceptors (Lipinski definition) is 3. The predicted molar refractivity (Wildman–Crippen MR) is 94.6 cm³/mol. The average Bonchev–Trinajstić information content (AvgIpc) is 2.58. The Morgan fingerprint density at radius 2 is 1.74 bits per heavy atom. The molecule has 3 rings (SSSR count). The summed E-state index contributed by atoms with van der Waals surface area (Å²) in [6.07, 6.45) is 1.80. The second-order valence-corrected chi connectivity index (χ2v) is 5.99. The van der Waals surface area contributed by atoms with E-state index in [4.69, 9.17) is 9.47 Å². The van der Waals surface area contributed by atoms with Crippen molar-refractivity contribution in [2.75, 3.05) is 14.2 Å². The molecule has 0 atom stereocenters. The van der Waals surface area contributed by atoms with E-state index in [2.05, 4.69) is 15.9 Å². The number of benzene rings is 2. The minimum atomic E-state index is -0.0727. The van der Waals surface area contributed by atoms with Crippen LogP contribution in [0, 0.1) is 0 Å². The Morgan fingerprint density at radius 1 is 1.00 bits per heavy atom. The lowest BCUT2D eigenvalue weighted by Crippen LogP contribution is -2.20. The van der Waals surface area contributed by atoms with E-state index in [0.29, 0.717) is 17.7 Å². The van der Waals surface area contributed by atoms with Crippen molar-refractivity contribution in [2.24, 2.45) is 0 Å². The quantitative estimate of drug-likeness (QED) is 0.697. The number of hydrogen-bond donors (Lipinski definition) is 0. The van der Waals surface area contributed by atoms with Crippen LogP contribution < -0.4 is 15.0 Å². The molecular weight excluding hydrogens is 358 g/mol. The first-order chi connectivity index (χ1) is 11.1. The van der Waals surface area contributed by atoms with Gasteiger partial charge in [-0.3, -0.25) is 4.79 Å². The molecule has 0 fully saturated rings. The molecule has 0 saturated carbocycles. The average molecular weight is 374 g/mol. The molecule has 0 aliphatic rings. The first kappa shape index (κ1) is 15.6. The monoisotopic (exact) mass is 373 g/mol. The van der Waals surface area contributed by atoms with Crippen molar-refractivity contribution in [2.45, 2.75) is 6.54 Å². The van der Waals surface area contributed by atoms with Gasteiger partial charge < -0.3 is 14.0 Å². The summed E-state index contributed by atoms with van der Waals surface area (Å²) in [5, 5.41) is 1.43. The third-order valence-electron chi connectivity index (χ3n) is 3.78. The van der Waals surface area contributed by atoms with Gasteiger partial charge in [-0.05, 0) is 35.9 Å². The standard InChI is InChI=1S/C18H16BrNO3/c1-22-13-5-3-12(4-6-13)11-20-10-9-14-15(19)7-8-16(23-2)17(14)18(20)21/h3-10H,11H2,1-2H3. The van der Waals surface area contributed by atoms with Crippen molar-refractivity contribution in [3.63, 3.8) is 0 Å². The van der Waals surface area contributed by atoms with Crippen molar-refractivity contribution in [1.82, 2.24) is 4.57 Å². The topological polar surface area (TPSA) is 40.5 Å². The SMILES string of the molecule is COc1ccc(Cn2ccc3c(Br)ccc(OC)c3c2=O)cc1. The summed E-state index contributed by atoms with van der Waals surface area (Å²) in [6.45, 7) is 0.494. The van der Waals surface area contributed by atoms with Crippen molar-refractivity contribution in [3.05, 3.63) is 69.1 Å². The molecule has 0 spiro atoms. The highest BCUT2D eigenvalue weighted by Gasteiger charge is 2.11. The number of methoxy groups -OCH3 is 2. The van der Waals surface area contributed by atoms with Crippen LogP contribution in [0.4, 0.5) is 0 Å². The predicted octanol–water partition coefficient (Wildman–Crippen LogP) is 3.83. The number of pyridine rings is 1. The number of aromatic nitrogens is 1. The zero-order chi connectivity index (χ0) is 16.4. The fraction of sp³-hybridized carbons (Fsp3) is 0.167. The molecule has 3 aromatic rings. The third kappa shape index (κ3) is 2.97. The molecule has 0 N–H and O–H groups in total. The molecule has 1 heterocycles. The van der Waals surface area contributed by atoms with Gasteiger partial charge in [0.2, 0.25) is 0 Å². The smallest absolute Gasteiger partial charge is 0.262 e. The van der Waals surface area contributed by atoms with E-state index < -0.39 is 0 Å². The number of fused-ring (bicyclic) bond motifs is 1. The van der Waals surface area contributed by atoms with Crippen LogP contribution in [0.2, 0.25) is 0 Å². The lowest BCUT2D eigenvalue weighted by atomic mass is 10.1. The zero-order valence-corrected chi connectivity index (χ0v) is 14.5. The van der Waals surface area contributed by atoms with Gasteiger partial charge in [0.1, 0.15) is 11.5 Å². The van der Waals surface area contributed by atoms with E-state index in [1.54, 1.807) is 31.0 Å². The van der Waals surface area contributed by atoms with Gasteiger partial charge in [-0.15, -0.1) is 0 Å². The summed E-state index contributed by atoms with van der Waals surface area (Å²) in [6, 6.07) is 13.3. The number of halogens is 1. The molecule has 1 aromatic heterocycles. The largest absolute Gasteiger partial charge is 0.497 e. The third-order valence-corrected chi connectivity index (χ3v) is 4.47. The van der Waals surface area contributed by atoms with Gasteiger partial charge in [0, 0.05) is 16.1 Å². The molecule has 0 radical (unpaired) electrons. The van der Waals surface area contributed by atoms with Crippen molar-refractivity contribution in [3.8, 4) is 11.5 Å². The molecule has 118 valence electrons. The van der Waals surface area contributed by atoms with Crippen molar-refractivity contribution < 1.29 is 9.47 Å². The highest BCUT2D eigenvalue weighted by molar-refractivity contribution is 9.10. The zero-order valence-electron chi connectivity index (χ0n) is 12.9. The first-order valence-corrected chi connectivity index (χ1v) is 7.92. The molecular formula is C18H16BrNO3. The molecule has 0 aliphatic carbocycles. The summed E-state index contributed by atoms with van der Waals surface area (Å²) in [7, 11) is 3.20. The van der Waals surface area contributed by atoms with Crippen LogP contribution in [0.5, 0.6) is 11.5 Å². The van der Waals surface area contributed by atoms with Gasteiger partial charge >= 0.3 is 0 Å². The van der Waals surface area contributed by atoms with E-state index in [1.807, 2.05) is 36.4 Å². The summed E-state index contributed by atoms with van der Waals surface area (Å²) >= 11 is 3.48. The second kappa shape index (κ2) is 6.46. The maximum Gasteiger partial charge on any atom is 0.262 e. The Morgan fingerprint density at radius 3 is 2.39 bits per heavy atom. The van der Waals surface area contributed by atoms with Gasteiger partial charge in [-0.2, -0.15) is 0 Å². The Bertz CT molecular complexity index is 901. The Labute approximate surface area is 142 Å². The minimum absolute atomic E-state index is 0.0727. The summed E-state index contributed by atoms with van der Waals surface area (Å²) in [5.74, 6) is 1.38. The van der Waals surface area contributed by atoms with E-state index >= 15 is 0 Å². The van der Waals surface area contributed by atoms with Crippen LogP contribution in [0.15, 0.2) is 57.9 Å². The molecule has 2 aromatic carbocycles. The highest BCUT2D eigenvalue weighted by atomic mass is 79.9. The van der Waals surface area contributed by atoms with Crippen LogP contribution in [0.3, 0.4) is 0 Å².